The molecule has 150 valence electrons. The molecule has 3 heterocycles. The summed E-state index contributed by atoms with van der Waals surface area (Å²) in [5.74, 6) is -1.52. The first-order chi connectivity index (χ1) is 14.6. The zero-order valence-corrected chi connectivity index (χ0v) is 16.5. The number of amides is 1. The van der Waals surface area contributed by atoms with E-state index in [0.29, 0.717) is 11.1 Å². The Labute approximate surface area is 174 Å². The molecule has 30 heavy (non-hydrogen) atoms. The fourth-order valence-corrected chi connectivity index (χ4v) is 3.68. The highest BCUT2D eigenvalue weighted by Crippen LogP contribution is 2.40. The van der Waals surface area contributed by atoms with E-state index in [2.05, 4.69) is 9.97 Å². The first-order valence-corrected chi connectivity index (χ1v) is 9.76. The van der Waals surface area contributed by atoms with Crippen LogP contribution in [0.1, 0.15) is 35.2 Å². The third kappa shape index (κ3) is 3.59. The maximum atomic E-state index is 13.0. The summed E-state index contributed by atoms with van der Waals surface area (Å²) in [6.45, 7) is 2.25. The van der Waals surface area contributed by atoms with Crippen LogP contribution in [0.5, 0.6) is 0 Å². The van der Waals surface area contributed by atoms with Gasteiger partial charge in [0.05, 0.1) is 11.6 Å². The number of aliphatic hydroxyl groups is 1. The second-order valence-corrected chi connectivity index (χ2v) is 7.12. The van der Waals surface area contributed by atoms with Gasteiger partial charge in [-0.25, -0.2) is 0 Å². The molecule has 1 fully saturated rings. The van der Waals surface area contributed by atoms with Gasteiger partial charge in [0.25, 0.3) is 11.7 Å². The summed E-state index contributed by atoms with van der Waals surface area (Å²) < 4.78 is 0. The highest BCUT2D eigenvalue weighted by atomic mass is 16.3. The molecule has 1 atom stereocenters. The average molecular weight is 399 g/mol. The minimum atomic E-state index is -0.709. The number of nitrogens with zero attached hydrogens (tertiary/aromatic N) is 3. The number of aryl methyl sites for hydroxylation is 1. The zero-order valence-electron chi connectivity index (χ0n) is 16.5. The number of aliphatic hydroxyl groups excluding tert-OH is 1. The van der Waals surface area contributed by atoms with Crippen molar-refractivity contribution >= 4 is 17.4 Å². The molecule has 1 N–H and O–H groups in total. The second kappa shape index (κ2) is 8.29. The monoisotopic (exact) mass is 399 g/mol. The Morgan fingerprint density at radius 1 is 0.967 bits per heavy atom. The van der Waals surface area contributed by atoms with E-state index >= 15 is 0 Å². The summed E-state index contributed by atoms with van der Waals surface area (Å²) >= 11 is 0. The summed E-state index contributed by atoms with van der Waals surface area (Å²) in [4.78, 5) is 35.5. The highest BCUT2D eigenvalue weighted by Gasteiger charge is 2.46. The first-order valence-electron chi connectivity index (χ1n) is 9.76. The average Bonchev–Trinajstić information content (AvgIpc) is 3.05. The maximum Gasteiger partial charge on any atom is 0.295 e. The number of pyridine rings is 2. The molecule has 2 aromatic heterocycles. The van der Waals surface area contributed by atoms with Gasteiger partial charge in [0.1, 0.15) is 5.76 Å². The van der Waals surface area contributed by atoms with Crippen molar-refractivity contribution < 1.29 is 14.7 Å². The Morgan fingerprint density at radius 3 is 2.33 bits per heavy atom. The minimum Gasteiger partial charge on any atom is -0.507 e. The Kier molecular flexibility index (Phi) is 5.39. The third-order valence-electron chi connectivity index (χ3n) is 5.27. The Hall–Kier alpha value is -3.80. The molecule has 1 aliphatic rings. The van der Waals surface area contributed by atoms with E-state index in [0.717, 1.165) is 17.5 Å². The van der Waals surface area contributed by atoms with Crippen LogP contribution in [0.15, 0.2) is 78.9 Å². The van der Waals surface area contributed by atoms with Gasteiger partial charge in [-0.15, -0.1) is 0 Å². The number of hydrogen-bond acceptors (Lipinski definition) is 5. The van der Waals surface area contributed by atoms with Gasteiger partial charge < -0.3 is 10.0 Å². The van der Waals surface area contributed by atoms with Crippen molar-refractivity contribution in [1.29, 1.82) is 0 Å². The van der Waals surface area contributed by atoms with E-state index in [-0.39, 0.29) is 17.9 Å². The van der Waals surface area contributed by atoms with E-state index in [9.17, 15) is 14.7 Å². The molecule has 0 radical (unpaired) electrons. The number of Topliss-reactive ketones (excluding diaryl/α,β-unsaturated/α-hetero) is 1. The summed E-state index contributed by atoms with van der Waals surface area (Å²) in [5.41, 5.74) is 3.21. The smallest absolute Gasteiger partial charge is 0.295 e. The van der Waals surface area contributed by atoms with Crippen molar-refractivity contribution in [3.63, 3.8) is 0 Å². The molecule has 4 rings (SSSR count). The number of carbonyl (C=O) groups excluding carboxylic acids is 2. The molecule has 1 unspecified atom stereocenters. The number of hydrogen-bond donors (Lipinski definition) is 1. The molecule has 6 heteroatoms. The summed E-state index contributed by atoms with van der Waals surface area (Å²) in [7, 11) is 0. The van der Waals surface area contributed by atoms with E-state index in [1.807, 2.05) is 25.1 Å². The Morgan fingerprint density at radius 2 is 1.70 bits per heavy atom. The van der Waals surface area contributed by atoms with E-state index in [1.54, 1.807) is 55.1 Å². The van der Waals surface area contributed by atoms with Crippen molar-refractivity contribution in [3.8, 4) is 0 Å². The van der Waals surface area contributed by atoms with Crippen LogP contribution in [0.2, 0.25) is 0 Å². The fraction of sp³-hybridized carbons (Fsp3) is 0.167. The maximum absolute atomic E-state index is 13.0. The molecule has 1 saturated heterocycles. The number of aromatic nitrogens is 2. The molecular weight excluding hydrogens is 378 g/mol. The van der Waals surface area contributed by atoms with Crippen molar-refractivity contribution in [2.45, 2.75) is 25.9 Å². The molecule has 1 aromatic carbocycles. The normalized spacial score (nSPS) is 18.0. The number of ketones is 1. The van der Waals surface area contributed by atoms with Crippen LogP contribution in [0.25, 0.3) is 5.76 Å². The second-order valence-electron chi connectivity index (χ2n) is 7.12. The van der Waals surface area contributed by atoms with Crippen LogP contribution in [0.3, 0.4) is 0 Å². The topological polar surface area (TPSA) is 83.4 Å². The molecule has 0 saturated carbocycles. The van der Waals surface area contributed by atoms with Gasteiger partial charge in [0, 0.05) is 36.9 Å². The van der Waals surface area contributed by atoms with E-state index < -0.39 is 17.7 Å². The lowest BCUT2D eigenvalue weighted by Gasteiger charge is -2.25. The Balaban J connectivity index is 1.83. The van der Waals surface area contributed by atoms with Crippen molar-refractivity contribution in [1.82, 2.24) is 14.9 Å². The summed E-state index contributed by atoms with van der Waals surface area (Å²) in [6, 6.07) is 13.8. The number of carbonyl (C=O) groups is 2. The van der Waals surface area contributed by atoms with E-state index in [1.165, 1.54) is 4.90 Å². The lowest BCUT2D eigenvalue weighted by molar-refractivity contribution is -0.140. The minimum absolute atomic E-state index is 0.0827. The van der Waals surface area contributed by atoms with Crippen molar-refractivity contribution in [2.24, 2.45) is 0 Å². The first kappa shape index (κ1) is 19.5. The standard InChI is InChI=1S/C24H21N3O3/c1-2-16-5-7-19(8-6-16)22(28)20-21(18-9-12-25-13-10-18)27(24(30)23(20)29)15-17-4-3-11-26-14-17/h3-14,21,28H,2,15H2,1H3/b22-20+. The van der Waals surface area contributed by atoms with Crippen molar-refractivity contribution in [3.05, 3.63) is 101 Å². The SMILES string of the molecule is CCc1ccc(/C(O)=C2\C(=O)C(=O)N(Cc3cccnc3)C2c2ccncc2)cc1. The lowest BCUT2D eigenvalue weighted by atomic mass is 9.95. The van der Waals surface area contributed by atoms with Gasteiger partial charge in [0.15, 0.2) is 0 Å². The molecule has 0 aliphatic carbocycles. The molecule has 0 spiro atoms. The quantitative estimate of drug-likeness (QED) is 0.402. The van der Waals surface area contributed by atoms with E-state index in [4.69, 9.17) is 0 Å². The van der Waals surface area contributed by atoms with Crippen LogP contribution >= 0.6 is 0 Å². The molecule has 1 aliphatic heterocycles. The fourth-order valence-electron chi connectivity index (χ4n) is 3.68. The van der Waals surface area contributed by atoms with Crippen LogP contribution in [0.4, 0.5) is 0 Å². The predicted molar refractivity (Wildman–Crippen MR) is 112 cm³/mol. The Bertz CT molecular complexity index is 1090. The van der Waals surface area contributed by atoms with Crippen LogP contribution < -0.4 is 0 Å². The van der Waals surface area contributed by atoms with Gasteiger partial charge >= 0.3 is 0 Å². The molecule has 3 aromatic rings. The van der Waals surface area contributed by atoms with Gasteiger partial charge in [-0.1, -0.05) is 37.3 Å². The van der Waals surface area contributed by atoms with Crippen molar-refractivity contribution in [2.75, 3.05) is 0 Å². The van der Waals surface area contributed by atoms with Crippen LogP contribution in [0, 0.1) is 0 Å². The molecular formula is C24H21N3O3. The largest absolute Gasteiger partial charge is 0.507 e. The van der Waals surface area contributed by atoms with Gasteiger partial charge in [-0.2, -0.15) is 0 Å². The molecule has 1 amide bonds. The zero-order chi connectivity index (χ0) is 21.1. The van der Waals surface area contributed by atoms with Crippen LogP contribution in [-0.2, 0) is 22.6 Å². The number of benzene rings is 1. The van der Waals surface area contributed by atoms with Gasteiger partial charge in [0.2, 0.25) is 0 Å². The molecule has 0 bridgehead atoms. The number of likely N-dealkylation sites (tertiary alicyclic amines) is 1. The predicted octanol–water partition coefficient (Wildman–Crippen LogP) is 3.66. The van der Waals surface area contributed by atoms with Gasteiger partial charge in [-0.05, 0) is 41.3 Å². The molecule has 6 nitrogen and oxygen atoms in total. The number of rotatable bonds is 5. The summed E-state index contributed by atoms with van der Waals surface area (Å²) in [6.07, 6.45) is 7.39. The van der Waals surface area contributed by atoms with Gasteiger partial charge in [-0.3, -0.25) is 19.6 Å². The van der Waals surface area contributed by atoms with Crippen LogP contribution in [-0.4, -0.2) is 31.7 Å². The highest BCUT2D eigenvalue weighted by molar-refractivity contribution is 6.46. The third-order valence-corrected chi connectivity index (χ3v) is 5.27. The lowest BCUT2D eigenvalue weighted by Crippen LogP contribution is -2.29. The summed E-state index contributed by atoms with van der Waals surface area (Å²) in [5, 5.41) is 11.0.